The van der Waals surface area contributed by atoms with Gasteiger partial charge in [0.15, 0.2) is 0 Å². The Morgan fingerprint density at radius 2 is 2.00 bits per heavy atom. The third-order valence-corrected chi connectivity index (χ3v) is 2.33. The van der Waals surface area contributed by atoms with E-state index in [-0.39, 0.29) is 0 Å². The SMILES string of the molecule is COc1ccc2c(ccn2CC(F)(F)F)c1. The molecule has 86 valence electrons. The summed E-state index contributed by atoms with van der Waals surface area (Å²) in [4.78, 5) is 0. The molecule has 2 aromatic rings. The van der Waals surface area contributed by atoms with Gasteiger partial charge in [0.25, 0.3) is 0 Å². The lowest BCUT2D eigenvalue weighted by molar-refractivity contribution is -0.139. The maximum absolute atomic E-state index is 12.2. The van der Waals surface area contributed by atoms with Gasteiger partial charge in [-0.05, 0) is 24.3 Å². The quantitative estimate of drug-likeness (QED) is 0.771. The Morgan fingerprint density at radius 1 is 1.25 bits per heavy atom. The molecule has 0 atom stereocenters. The van der Waals surface area contributed by atoms with Crippen LogP contribution in [0, 0.1) is 0 Å². The summed E-state index contributed by atoms with van der Waals surface area (Å²) in [5, 5.41) is 0.739. The Bertz CT molecular complexity index is 501. The van der Waals surface area contributed by atoms with E-state index in [1.54, 1.807) is 24.3 Å². The highest BCUT2D eigenvalue weighted by Gasteiger charge is 2.28. The standard InChI is InChI=1S/C11H10F3NO/c1-16-9-2-3-10-8(6-9)4-5-15(10)7-11(12,13)14/h2-6H,7H2,1H3. The summed E-state index contributed by atoms with van der Waals surface area (Å²) in [6.07, 6.45) is -2.77. The molecule has 1 aromatic carbocycles. The zero-order valence-corrected chi connectivity index (χ0v) is 8.58. The smallest absolute Gasteiger partial charge is 0.406 e. The average Bonchev–Trinajstić information content (AvgIpc) is 2.58. The monoisotopic (exact) mass is 229 g/mol. The van der Waals surface area contributed by atoms with Crippen LogP contribution in [0.3, 0.4) is 0 Å². The molecular formula is C11H10F3NO. The van der Waals surface area contributed by atoms with E-state index >= 15 is 0 Å². The number of halogens is 3. The van der Waals surface area contributed by atoms with E-state index in [2.05, 4.69) is 0 Å². The first-order chi connectivity index (χ1) is 7.49. The van der Waals surface area contributed by atoms with Crippen molar-refractivity contribution in [3.8, 4) is 5.75 Å². The predicted octanol–water partition coefficient (Wildman–Crippen LogP) is 3.21. The van der Waals surface area contributed by atoms with Crippen LogP contribution in [0.15, 0.2) is 30.5 Å². The van der Waals surface area contributed by atoms with Gasteiger partial charge in [-0.1, -0.05) is 0 Å². The summed E-state index contributed by atoms with van der Waals surface area (Å²) in [5.41, 5.74) is 0.554. The molecule has 2 rings (SSSR count). The summed E-state index contributed by atoms with van der Waals surface area (Å²) >= 11 is 0. The number of fused-ring (bicyclic) bond motifs is 1. The molecule has 1 aromatic heterocycles. The zero-order valence-electron chi connectivity index (χ0n) is 8.58. The van der Waals surface area contributed by atoms with Crippen molar-refractivity contribution in [3.63, 3.8) is 0 Å². The first kappa shape index (κ1) is 10.9. The summed E-state index contributed by atoms with van der Waals surface area (Å²) < 4.78 is 42.9. The van der Waals surface area contributed by atoms with E-state index in [9.17, 15) is 13.2 Å². The Balaban J connectivity index is 2.42. The molecule has 0 saturated carbocycles. The topological polar surface area (TPSA) is 14.2 Å². The molecule has 0 saturated heterocycles. The fourth-order valence-corrected chi connectivity index (χ4v) is 1.64. The van der Waals surface area contributed by atoms with E-state index in [1.165, 1.54) is 17.9 Å². The van der Waals surface area contributed by atoms with Crippen molar-refractivity contribution < 1.29 is 17.9 Å². The van der Waals surface area contributed by atoms with Gasteiger partial charge in [-0.2, -0.15) is 13.2 Å². The summed E-state index contributed by atoms with van der Waals surface area (Å²) in [6, 6.07) is 6.63. The highest BCUT2D eigenvalue weighted by Crippen LogP contribution is 2.25. The number of benzene rings is 1. The minimum Gasteiger partial charge on any atom is -0.497 e. The number of hydrogen-bond donors (Lipinski definition) is 0. The van der Waals surface area contributed by atoms with E-state index in [0.29, 0.717) is 11.3 Å². The average molecular weight is 229 g/mol. The highest BCUT2D eigenvalue weighted by atomic mass is 19.4. The lowest BCUT2D eigenvalue weighted by Crippen LogP contribution is -2.16. The molecule has 0 N–H and O–H groups in total. The van der Waals surface area contributed by atoms with E-state index in [0.717, 1.165) is 5.39 Å². The molecule has 1 heterocycles. The Kier molecular flexibility index (Phi) is 2.53. The van der Waals surface area contributed by atoms with Crippen LogP contribution in [0.4, 0.5) is 13.2 Å². The van der Waals surface area contributed by atoms with E-state index in [4.69, 9.17) is 4.74 Å². The molecule has 16 heavy (non-hydrogen) atoms. The van der Waals surface area contributed by atoms with E-state index < -0.39 is 12.7 Å². The molecule has 0 fully saturated rings. The van der Waals surface area contributed by atoms with Crippen LogP contribution in [0.25, 0.3) is 10.9 Å². The van der Waals surface area contributed by atoms with Crippen molar-refractivity contribution in [1.29, 1.82) is 0 Å². The number of aromatic nitrogens is 1. The second kappa shape index (κ2) is 3.73. The molecule has 2 nitrogen and oxygen atoms in total. The summed E-state index contributed by atoms with van der Waals surface area (Å²) in [6.45, 7) is -0.969. The van der Waals surface area contributed by atoms with Gasteiger partial charge in [0.2, 0.25) is 0 Å². The molecule has 0 amide bonds. The van der Waals surface area contributed by atoms with Gasteiger partial charge in [-0.3, -0.25) is 0 Å². The van der Waals surface area contributed by atoms with Crippen LogP contribution in [-0.2, 0) is 6.54 Å². The molecule has 0 spiro atoms. The zero-order chi connectivity index (χ0) is 11.8. The van der Waals surface area contributed by atoms with Gasteiger partial charge in [0.05, 0.1) is 7.11 Å². The van der Waals surface area contributed by atoms with Crippen LogP contribution in [0.5, 0.6) is 5.75 Å². The fourth-order valence-electron chi connectivity index (χ4n) is 1.64. The second-order valence-electron chi connectivity index (χ2n) is 3.48. The van der Waals surface area contributed by atoms with Gasteiger partial charge in [0, 0.05) is 17.1 Å². The first-order valence-corrected chi connectivity index (χ1v) is 4.69. The lowest BCUT2D eigenvalue weighted by Gasteiger charge is -2.09. The normalized spacial score (nSPS) is 12.0. The van der Waals surface area contributed by atoms with Crippen molar-refractivity contribution in [2.24, 2.45) is 0 Å². The number of ether oxygens (including phenoxy) is 1. The molecule has 5 heteroatoms. The second-order valence-corrected chi connectivity index (χ2v) is 3.48. The largest absolute Gasteiger partial charge is 0.497 e. The lowest BCUT2D eigenvalue weighted by atomic mass is 10.2. The maximum Gasteiger partial charge on any atom is 0.406 e. The number of hydrogen-bond acceptors (Lipinski definition) is 1. The molecule has 0 aliphatic heterocycles. The van der Waals surface area contributed by atoms with Crippen LogP contribution < -0.4 is 4.74 Å². The maximum atomic E-state index is 12.2. The van der Waals surface area contributed by atoms with Crippen molar-refractivity contribution in [1.82, 2.24) is 4.57 Å². The van der Waals surface area contributed by atoms with E-state index in [1.807, 2.05) is 0 Å². The van der Waals surface area contributed by atoms with Crippen LogP contribution in [-0.4, -0.2) is 17.9 Å². The number of nitrogens with zero attached hydrogens (tertiary/aromatic N) is 1. The fraction of sp³-hybridized carbons (Fsp3) is 0.273. The molecule has 0 radical (unpaired) electrons. The van der Waals surface area contributed by atoms with Crippen molar-refractivity contribution in [3.05, 3.63) is 30.5 Å². The molecule has 0 aliphatic carbocycles. The molecule has 0 aliphatic rings. The van der Waals surface area contributed by atoms with Gasteiger partial charge >= 0.3 is 6.18 Å². The first-order valence-electron chi connectivity index (χ1n) is 4.69. The number of rotatable bonds is 2. The van der Waals surface area contributed by atoms with Gasteiger partial charge in [-0.15, -0.1) is 0 Å². The van der Waals surface area contributed by atoms with Crippen molar-refractivity contribution >= 4 is 10.9 Å². The van der Waals surface area contributed by atoms with Crippen LogP contribution in [0.1, 0.15) is 0 Å². The molecule has 0 bridgehead atoms. The summed E-state index contributed by atoms with van der Waals surface area (Å²) in [7, 11) is 1.52. The third-order valence-electron chi connectivity index (χ3n) is 2.33. The van der Waals surface area contributed by atoms with Crippen molar-refractivity contribution in [2.45, 2.75) is 12.7 Å². The van der Waals surface area contributed by atoms with Crippen LogP contribution in [0.2, 0.25) is 0 Å². The van der Waals surface area contributed by atoms with Gasteiger partial charge < -0.3 is 9.30 Å². The molecule has 0 unspecified atom stereocenters. The predicted molar refractivity (Wildman–Crippen MR) is 54.5 cm³/mol. The Labute approximate surface area is 90.2 Å². The Hall–Kier alpha value is -1.65. The van der Waals surface area contributed by atoms with Gasteiger partial charge in [-0.25, -0.2) is 0 Å². The minimum absolute atomic E-state index is 0.554. The number of alkyl halides is 3. The third kappa shape index (κ3) is 2.13. The van der Waals surface area contributed by atoms with Gasteiger partial charge in [0.1, 0.15) is 12.3 Å². The summed E-state index contributed by atoms with van der Waals surface area (Å²) in [5.74, 6) is 0.636. The Morgan fingerprint density at radius 3 is 2.62 bits per heavy atom. The van der Waals surface area contributed by atoms with Crippen molar-refractivity contribution in [2.75, 3.05) is 7.11 Å². The molecular weight excluding hydrogens is 219 g/mol. The van der Waals surface area contributed by atoms with Crippen LogP contribution >= 0.6 is 0 Å². The highest BCUT2D eigenvalue weighted by molar-refractivity contribution is 5.81. The minimum atomic E-state index is -4.20. The number of methoxy groups -OCH3 is 1.